The van der Waals surface area contributed by atoms with Crippen LogP contribution in [0.4, 0.5) is 11.4 Å². The molecule has 0 unspecified atom stereocenters. The molecule has 0 fully saturated rings. The number of para-hydroxylation sites is 1. The number of aromatic amines is 1. The van der Waals surface area contributed by atoms with E-state index >= 15 is 0 Å². The molecule has 3 heteroatoms. The Labute approximate surface area is 119 Å². The number of hydrogen-bond acceptors (Lipinski definition) is 2. The molecule has 20 heavy (non-hydrogen) atoms. The van der Waals surface area contributed by atoms with Gasteiger partial charge in [0, 0.05) is 30.7 Å². The third-order valence-corrected chi connectivity index (χ3v) is 3.68. The van der Waals surface area contributed by atoms with Gasteiger partial charge in [-0.2, -0.15) is 0 Å². The van der Waals surface area contributed by atoms with Crippen LogP contribution >= 0.6 is 0 Å². The predicted molar refractivity (Wildman–Crippen MR) is 86.0 cm³/mol. The lowest BCUT2D eigenvalue weighted by Crippen LogP contribution is -2.17. The third-order valence-electron chi connectivity index (χ3n) is 3.68. The fraction of sp³-hybridized carbons (Fsp3) is 0.176. The highest BCUT2D eigenvalue weighted by atomic mass is 15.1. The van der Waals surface area contributed by atoms with Gasteiger partial charge in [-0.25, -0.2) is 0 Å². The van der Waals surface area contributed by atoms with Crippen LogP contribution < -0.4 is 10.6 Å². The second-order valence-electron chi connectivity index (χ2n) is 5.28. The first-order valence-electron chi connectivity index (χ1n) is 6.77. The van der Waals surface area contributed by atoms with Crippen LogP contribution in [-0.2, 0) is 6.54 Å². The molecular weight excluding hydrogens is 246 g/mol. The summed E-state index contributed by atoms with van der Waals surface area (Å²) in [4.78, 5) is 5.51. The number of nitrogen functional groups attached to an aromatic ring is 1. The van der Waals surface area contributed by atoms with Crippen molar-refractivity contribution in [1.29, 1.82) is 0 Å². The largest absolute Gasteiger partial charge is 0.397 e. The van der Waals surface area contributed by atoms with Crippen molar-refractivity contribution < 1.29 is 0 Å². The van der Waals surface area contributed by atoms with Crippen molar-refractivity contribution in [2.75, 3.05) is 17.7 Å². The van der Waals surface area contributed by atoms with Gasteiger partial charge in [0.25, 0.3) is 0 Å². The van der Waals surface area contributed by atoms with Gasteiger partial charge < -0.3 is 15.6 Å². The maximum Gasteiger partial charge on any atom is 0.0603 e. The standard InChI is InChI=1S/C17H19N3/c1-12-7-8-15(18)17(9-12)20(2)11-13-10-19-16-6-4-3-5-14(13)16/h3-10,19H,11,18H2,1-2H3. The number of aryl methyl sites for hydroxylation is 1. The number of nitrogens with one attached hydrogen (secondary N) is 1. The number of H-pyrrole nitrogens is 1. The summed E-state index contributed by atoms with van der Waals surface area (Å²) in [6.45, 7) is 2.92. The molecule has 3 aromatic rings. The van der Waals surface area contributed by atoms with Crippen molar-refractivity contribution in [2.24, 2.45) is 0 Å². The van der Waals surface area contributed by atoms with E-state index in [1.165, 1.54) is 22.0 Å². The summed E-state index contributed by atoms with van der Waals surface area (Å²) in [6, 6.07) is 14.5. The Hall–Kier alpha value is -2.42. The topological polar surface area (TPSA) is 45.0 Å². The van der Waals surface area contributed by atoms with Crippen LogP contribution in [0.15, 0.2) is 48.7 Å². The first-order chi connectivity index (χ1) is 9.65. The van der Waals surface area contributed by atoms with Crippen LogP contribution in [0.5, 0.6) is 0 Å². The molecule has 0 spiro atoms. The van der Waals surface area contributed by atoms with Crippen LogP contribution in [0.1, 0.15) is 11.1 Å². The van der Waals surface area contributed by atoms with Gasteiger partial charge in [-0.1, -0.05) is 24.3 Å². The smallest absolute Gasteiger partial charge is 0.0603 e. The summed E-state index contributed by atoms with van der Waals surface area (Å²) in [5, 5.41) is 1.27. The van der Waals surface area contributed by atoms with Gasteiger partial charge in [-0.05, 0) is 36.2 Å². The first-order valence-corrected chi connectivity index (χ1v) is 6.77. The molecule has 0 aliphatic carbocycles. The van der Waals surface area contributed by atoms with E-state index in [2.05, 4.69) is 54.3 Å². The summed E-state index contributed by atoms with van der Waals surface area (Å²) < 4.78 is 0. The number of benzene rings is 2. The van der Waals surface area contributed by atoms with Gasteiger partial charge in [0.15, 0.2) is 0 Å². The van der Waals surface area contributed by atoms with Gasteiger partial charge in [0.05, 0.1) is 11.4 Å². The second kappa shape index (κ2) is 4.93. The summed E-state index contributed by atoms with van der Waals surface area (Å²) in [5.41, 5.74) is 11.7. The maximum atomic E-state index is 6.08. The minimum Gasteiger partial charge on any atom is -0.397 e. The lowest BCUT2D eigenvalue weighted by Gasteiger charge is -2.21. The Bertz CT molecular complexity index is 743. The quantitative estimate of drug-likeness (QED) is 0.709. The van der Waals surface area contributed by atoms with E-state index in [0.29, 0.717) is 0 Å². The number of nitrogens with zero attached hydrogens (tertiary/aromatic N) is 1. The molecule has 0 bridgehead atoms. The monoisotopic (exact) mass is 265 g/mol. The van der Waals surface area contributed by atoms with E-state index in [4.69, 9.17) is 5.73 Å². The first kappa shape index (κ1) is 12.6. The average molecular weight is 265 g/mol. The summed E-state index contributed by atoms with van der Waals surface area (Å²) >= 11 is 0. The predicted octanol–water partition coefficient (Wildman–Crippen LogP) is 3.69. The number of nitrogens with two attached hydrogens (primary N) is 1. The van der Waals surface area contributed by atoms with Gasteiger partial charge in [0.2, 0.25) is 0 Å². The molecule has 2 aromatic carbocycles. The van der Waals surface area contributed by atoms with E-state index in [0.717, 1.165) is 17.9 Å². The number of aromatic nitrogens is 1. The Morgan fingerprint density at radius 1 is 1.15 bits per heavy atom. The van der Waals surface area contributed by atoms with Crippen molar-refractivity contribution in [2.45, 2.75) is 13.5 Å². The molecule has 0 saturated carbocycles. The van der Waals surface area contributed by atoms with Crippen LogP contribution in [-0.4, -0.2) is 12.0 Å². The van der Waals surface area contributed by atoms with Crippen molar-refractivity contribution in [3.05, 3.63) is 59.8 Å². The van der Waals surface area contributed by atoms with Crippen LogP contribution in [0, 0.1) is 6.92 Å². The fourth-order valence-corrected chi connectivity index (χ4v) is 2.59. The maximum absolute atomic E-state index is 6.08. The van der Waals surface area contributed by atoms with Gasteiger partial charge >= 0.3 is 0 Å². The molecule has 3 rings (SSSR count). The molecule has 0 atom stereocenters. The van der Waals surface area contributed by atoms with E-state index in [1.54, 1.807) is 0 Å². The molecule has 3 nitrogen and oxygen atoms in total. The third kappa shape index (κ3) is 2.23. The number of hydrogen-bond donors (Lipinski definition) is 2. The highest BCUT2D eigenvalue weighted by molar-refractivity contribution is 5.83. The molecule has 0 aliphatic rings. The van der Waals surface area contributed by atoms with Crippen molar-refractivity contribution in [1.82, 2.24) is 4.98 Å². The zero-order chi connectivity index (χ0) is 14.1. The van der Waals surface area contributed by atoms with Crippen LogP contribution in [0.2, 0.25) is 0 Å². The van der Waals surface area contributed by atoms with E-state index < -0.39 is 0 Å². The average Bonchev–Trinajstić information content (AvgIpc) is 2.85. The Kier molecular flexibility index (Phi) is 3.11. The van der Waals surface area contributed by atoms with Crippen molar-refractivity contribution >= 4 is 22.3 Å². The Balaban J connectivity index is 1.92. The molecule has 0 aliphatic heterocycles. The van der Waals surface area contributed by atoms with E-state index in [1.807, 2.05) is 18.2 Å². The molecule has 1 aromatic heterocycles. The summed E-state index contributed by atoms with van der Waals surface area (Å²) in [7, 11) is 2.08. The summed E-state index contributed by atoms with van der Waals surface area (Å²) in [6.07, 6.45) is 2.08. The Morgan fingerprint density at radius 3 is 2.80 bits per heavy atom. The van der Waals surface area contributed by atoms with Crippen LogP contribution in [0.25, 0.3) is 10.9 Å². The zero-order valence-electron chi connectivity index (χ0n) is 11.9. The van der Waals surface area contributed by atoms with E-state index in [9.17, 15) is 0 Å². The molecule has 0 amide bonds. The van der Waals surface area contributed by atoms with Gasteiger partial charge in [-0.3, -0.25) is 0 Å². The number of anilines is 2. The molecule has 0 radical (unpaired) electrons. The van der Waals surface area contributed by atoms with E-state index in [-0.39, 0.29) is 0 Å². The molecule has 102 valence electrons. The lowest BCUT2D eigenvalue weighted by atomic mass is 10.1. The molecular formula is C17H19N3. The molecule has 3 N–H and O–H groups in total. The van der Waals surface area contributed by atoms with Crippen molar-refractivity contribution in [3.63, 3.8) is 0 Å². The molecule has 1 heterocycles. The summed E-state index contributed by atoms with van der Waals surface area (Å²) in [5.74, 6) is 0. The lowest BCUT2D eigenvalue weighted by molar-refractivity contribution is 0.930. The minimum atomic E-state index is 0.818. The minimum absolute atomic E-state index is 0.818. The SMILES string of the molecule is Cc1ccc(N)c(N(C)Cc2c[nH]c3ccccc23)c1. The fourth-order valence-electron chi connectivity index (χ4n) is 2.59. The number of rotatable bonds is 3. The van der Waals surface area contributed by atoms with Crippen LogP contribution in [0.3, 0.4) is 0 Å². The highest BCUT2D eigenvalue weighted by Crippen LogP contribution is 2.26. The highest BCUT2D eigenvalue weighted by Gasteiger charge is 2.09. The second-order valence-corrected chi connectivity index (χ2v) is 5.28. The molecule has 0 saturated heterocycles. The van der Waals surface area contributed by atoms with Gasteiger partial charge in [0.1, 0.15) is 0 Å². The van der Waals surface area contributed by atoms with Crippen molar-refractivity contribution in [3.8, 4) is 0 Å². The number of fused-ring (bicyclic) bond motifs is 1. The normalized spacial score (nSPS) is 10.9. The van der Waals surface area contributed by atoms with Gasteiger partial charge in [-0.15, -0.1) is 0 Å². The zero-order valence-corrected chi connectivity index (χ0v) is 11.9. The Morgan fingerprint density at radius 2 is 1.95 bits per heavy atom.